The Morgan fingerprint density at radius 3 is 3.00 bits per heavy atom. The van der Waals surface area contributed by atoms with Crippen LogP contribution in [0.3, 0.4) is 0 Å². The lowest BCUT2D eigenvalue weighted by Crippen LogP contribution is -2.27. The quantitative estimate of drug-likeness (QED) is 0.865. The Morgan fingerprint density at radius 2 is 2.33 bits per heavy atom. The van der Waals surface area contributed by atoms with Crippen LogP contribution in [0.1, 0.15) is 24.2 Å². The van der Waals surface area contributed by atoms with Gasteiger partial charge in [0.25, 0.3) is 5.22 Å². The van der Waals surface area contributed by atoms with E-state index in [1.165, 1.54) is 11.8 Å². The van der Waals surface area contributed by atoms with Crippen molar-refractivity contribution in [3.05, 3.63) is 34.1 Å². The molecule has 0 aliphatic carbocycles. The Balaban J connectivity index is 1.92. The SMILES string of the molecule is CCNC1C(=O)Nc2cc(Sc3nc(C)co3)c(Br)cc21. The molecule has 0 bridgehead atoms. The molecule has 3 rings (SSSR count). The number of likely N-dealkylation sites (N-methyl/N-ethyl adjacent to an activating group) is 1. The van der Waals surface area contributed by atoms with Gasteiger partial charge in [-0.25, -0.2) is 4.98 Å². The molecule has 0 saturated heterocycles. The van der Waals surface area contributed by atoms with Gasteiger partial charge >= 0.3 is 0 Å². The highest BCUT2D eigenvalue weighted by Crippen LogP contribution is 2.41. The second kappa shape index (κ2) is 5.82. The number of nitrogens with one attached hydrogen (secondary N) is 2. The first-order valence-electron chi connectivity index (χ1n) is 6.56. The van der Waals surface area contributed by atoms with Crippen LogP contribution in [0, 0.1) is 6.92 Å². The van der Waals surface area contributed by atoms with Gasteiger partial charge in [-0.3, -0.25) is 4.79 Å². The third-order valence-electron chi connectivity index (χ3n) is 3.14. The van der Waals surface area contributed by atoms with Crippen LogP contribution in [-0.2, 0) is 4.79 Å². The maximum Gasteiger partial charge on any atom is 0.260 e. The van der Waals surface area contributed by atoms with Gasteiger partial charge in [-0.2, -0.15) is 0 Å². The second-order valence-corrected chi connectivity index (χ2v) is 6.55. The number of oxazole rings is 1. The minimum atomic E-state index is -0.288. The summed E-state index contributed by atoms with van der Waals surface area (Å²) in [6.07, 6.45) is 1.62. The van der Waals surface area contributed by atoms with Gasteiger partial charge in [0.05, 0.1) is 5.69 Å². The summed E-state index contributed by atoms with van der Waals surface area (Å²) < 4.78 is 6.27. The van der Waals surface area contributed by atoms with E-state index in [0.29, 0.717) is 5.22 Å². The smallest absolute Gasteiger partial charge is 0.260 e. The third kappa shape index (κ3) is 2.86. The highest BCUT2D eigenvalue weighted by Gasteiger charge is 2.30. The summed E-state index contributed by atoms with van der Waals surface area (Å²) in [6, 6.07) is 3.63. The van der Waals surface area contributed by atoms with E-state index >= 15 is 0 Å². The Labute approximate surface area is 135 Å². The largest absolute Gasteiger partial charge is 0.439 e. The van der Waals surface area contributed by atoms with Crippen molar-refractivity contribution in [2.24, 2.45) is 0 Å². The Hall–Kier alpha value is -1.31. The molecule has 1 amide bonds. The first-order chi connectivity index (χ1) is 10.1. The van der Waals surface area contributed by atoms with E-state index in [1.807, 2.05) is 26.0 Å². The number of nitrogens with zero attached hydrogens (tertiary/aromatic N) is 1. The van der Waals surface area contributed by atoms with E-state index in [2.05, 4.69) is 31.5 Å². The van der Waals surface area contributed by atoms with Crippen molar-refractivity contribution in [3.8, 4) is 0 Å². The first-order valence-corrected chi connectivity index (χ1v) is 8.17. The van der Waals surface area contributed by atoms with E-state index < -0.39 is 0 Å². The van der Waals surface area contributed by atoms with Crippen LogP contribution in [0.4, 0.5) is 5.69 Å². The molecule has 0 fully saturated rings. The van der Waals surface area contributed by atoms with Crippen molar-refractivity contribution in [1.29, 1.82) is 0 Å². The second-order valence-electron chi connectivity index (χ2n) is 4.71. The number of anilines is 1. The van der Waals surface area contributed by atoms with Crippen molar-refractivity contribution in [3.63, 3.8) is 0 Å². The van der Waals surface area contributed by atoms with E-state index in [9.17, 15) is 4.79 Å². The fourth-order valence-corrected chi connectivity index (χ4v) is 3.63. The molecule has 1 unspecified atom stereocenters. The van der Waals surface area contributed by atoms with Crippen LogP contribution in [0.2, 0.25) is 0 Å². The lowest BCUT2D eigenvalue weighted by atomic mass is 10.1. The molecule has 1 atom stereocenters. The van der Waals surface area contributed by atoms with E-state index in [1.54, 1.807) is 6.26 Å². The number of rotatable bonds is 4. The first kappa shape index (κ1) is 14.6. The number of aromatic nitrogens is 1. The summed E-state index contributed by atoms with van der Waals surface area (Å²) in [6.45, 7) is 4.60. The molecular formula is C14H14BrN3O2S. The van der Waals surface area contributed by atoms with Crippen molar-refractivity contribution in [1.82, 2.24) is 10.3 Å². The fourth-order valence-electron chi connectivity index (χ4n) is 2.22. The molecule has 2 heterocycles. The van der Waals surface area contributed by atoms with Crippen molar-refractivity contribution in [2.45, 2.75) is 30.0 Å². The average Bonchev–Trinajstić information content (AvgIpc) is 2.96. The highest BCUT2D eigenvalue weighted by atomic mass is 79.9. The number of carbonyl (C=O) groups excluding carboxylic acids is 1. The summed E-state index contributed by atoms with van der Waals surface area (Å²) in [5, 5.41) is 6.67. The molecule has 110 valence electrons. The molecule has 1 aromatic carbocycles. The molecule has 5 nitrogen and oxygen atoms in total. The molecule has 0 radical (unpaired) electrons. The number of hydrogen-bond donors (Lipinski definition) is 2. The topological polar surface area (TPSA) is 67.2 Å². The van der Waals surface area contributed by atoms with Crippen LogP contribution in [0.15, 0.2) is 37.4 Å². The number of amides is 1. The Kier molecular flexibility index (Phi) is 4.05. The van der Waals surface area contributed by atoms with Crippen LogP contribution < -0.4 is 10.6 Å². The van der Waals surface area contributed by atoms with E-state index in [0.717, 1.165) is 32.9 Å². The number of aryl methyl sites for hydroxylation is 1. The highest BCUT2D eigenvalue weighted by molar-refractivity contribution is 9.10. The van der Waals surface area contributed by atoms with Gasteiger partial charge in [-0.1, -0.05) is 6.92 Å². The molecule has 1 aliphatic heterocycles. The molecule has 21 heavy (non-hydrogen) atoms. The van der Waals surface area contributed by atoms with Gasteiger partial charge in [0.1, 0.15) is 12.3 Å². The zero-order valence-corrected chi connectivity index (χ0v) is 14.0. The standard InChI is InChI=1S/C14H14BrN3O2S/c1-3-16-12-8-4-9(15)11(5-10(8)18-13(12)19)21-14-17-7(2)6-20-14/h4-6,12,16H,3H2,1-2H3,(H,18,19). The normalized spacial score (nSPS) is 16.9. The van der Waals surface area contributed by atoms with Crippen molar-refractivity contribution < 1.29 is 9.21 Å². The Bertz CT molecular complexity index is 702. The number of hydrogen-bond acceptors (Lipinski definition) is 5. The summed E-state index contributed by atoms with van der Waals surface area (Å²) in [5.41, 5.74) is 2.64. The minimum absolute atomic E-state index is 0.0205. The van der Waals surface area contributed by atoms with Crippen molar-refractivity contribution >= 4 is 39.3 Å². The predicted molar refractivity (Wildman–Crippen MR) is 84.6 cm³/mol. The molecule has 0 spiro atoms. The lowest BCUT2D eigenvalue weighted by Gasteiger charge is -2.10. The molecular weight excluding hydrogens is 354 g/mol. The van der Waals surface area contributed by atoms with Crippen molar-refractivity contribution in [2.75, 3.05) is 11.9 Å². The lowest BCUT2D eigenvalue weighted by molar-refractivity contribution is -0.117. The summed E-state index contributed by atoms with van der Waals surface area (Å²) in [4.78, 5) is 17.2. The molecule has 1 aliphatic rings. The van der Waals surface area contributed by atoms with Gasteiger partial charge < -0.3 is 15.1 Å². The van der Waals surface area contributed by atoms with E-state index in [-0.39, 0.29) is 11.9 Å². The predicted octanol–water partition coefficient (Wildman–Crippen LogP) is 3.50. The maximum atomic E-state index is 12.0. The average molecular weight is 368 g/mol. The number of fused-ring (bicyclic) bond motifs is 1. The monoisotopic (exact) mass is 367 g/mol. The summed E-state index contributed by atoms with van der Waals surface area (Å²) in [5.74, 6) is -0.0205. The summed E-state index contributed by atoms with van der Waals surface area (Å²) in [7, 11) is 0. The summed E-state index contributed by atoms with van der Waals surface area (Å²) >= 11 is 4.98. The van der Waals surface area contributed by atoms with Gasteiger partial charge in [0.2, 0.25) is 5.91 Å². The van der Waals surface area contributed by atoms with Crippen LogP contribution in [0.25, 0.3) is 0 Å². The fraction of sp³-hybridized carbons (Fsp3) is 0.286. The molecule has 0 saturated carbocycles. The van der Waals surface area contributed by atoms with Crippen LogP contribution in [0.5, 0.6) is 0 Å². The number of carbonyl (C=O) groups is 1. The molecule has 2 aromatic rings. The maximum absolute atomic E-state index is 12.0. The van der Waals surface area contributed by atoms with E-state index in [4.69, 9.17) is 4.42 Å². The van der Waals surface area contributed by atoms with Crippen LogP contribution >= 0.6 is 27.7 Å². The zero-order valence-electron chi connectivity index (χ0n) is 11.6. The third-order valence-corrected chi connectivity index (χ3v) is 4.98. The molecule has 7 heteroatoms. The number of benzene rings is 1. The Morgan fingerprint density at radius 1 is 1.52 bits per heavy atom. The number of halogens is 1. The van der Waals surface area contributed by atoms with Gasteiger partial charge in [0, 0.05) is 20.6 Å². The molecule has 2 N–H and O–H groups in total. The van der Waals surface area contributed by atoms with Gasteiger partial charge in [0.15, 0.2) is 0 Å². The van der Waals surface area contributed by atoms with Crippen LogP contribution in [-0.4, -0.2) is 17.4 Å². The zero-order chi connectivity index (χ0) is 15.0. The van der Waals surface area contributed by atoms with Gasteiger partial charge in [-0.15, -0.1) is 0 Å². The van der Waals surface area contributed by atoms with Gasteiger partial charge in [-0.05, 0) is 53.3 Å². The minimum Gasteiger partial charge on any atom is -0.439 e. The molecule has 1 aromatic heterocycles.